The molecule has 0 spiro atoms. The molecule has 8 nitrogen and oxygen atoms in total. The lowest BCUT2D eigenvalue weighted by Crippen LogP contribution is -2.41. The Morgan fingerprint density at radius 2 is 1.58 bits per heavy atom. The van der Waals surface area contributed by atoms with Crippen LogP contribution in [0.1, 0.15) is 12.8 Å². The van der Waals surface area contributed by atoms with E-state index in [-0.39, 0.29) is 34.7 Å². The Hall–Kier alpha value is -2.60. The molecule has 1 aromatic heterocycles. The van der Waals surface area contributed by atoms with Gasteiger partial charge in [0, 0.05) is 36.2 Å². The lowest BCUT2D eigenvalue weighted by atomic mass is 9.97. The minimum absolute atomic E-state index is 0.131. The van der Waals surface area contributed by atoms with Gasteiger partial charge in [0.15, 0.2) is 15.0 Å². The van der Waals surface area contributed by atoms with Crippen molar-refractivity contribution in [2.45, 2.75) is 22.6 Å². The molecule has 0 bridgehead atoms. The third kappa shape index (κ3) is 5.16. The number of amides is 1. The summed E-state index contributed by atoms with van der Waals surface area (Å²) in [5, 5.41) is 5.21. The van der Waals surface area contributed by atoms with Crippen LogP contribution in [0.5, 0.6) is 0 Å². The van der Waals surface area contributed by atoms with Crippen molar-refractivity contribution < 1.29 is 21.6 Å². The molecule has 1 N–H and O–H groups in total. The SMILES string of the molecule is CS(=O)(=O)c1ccccc1S(=O)(=O)N1CCC(C(=O)Nc2nc(-c3ccccc3)cs2)CC1. The first-order valence-electron chi connectivity index (χ1n) is 10.3. The van der Waals surface area contributed by atoms with Crippen molar-refractivity contribution in [1.29, 1.82) is 0 Å². The summed E-state index contributed by atoms with van der Waals surface area (Å²) in [6, 6.07) is 15.2. The third-order valence-electron chi connectivity index (χ3n) is 5.50. The van der Waals surface area contributed by atoms with Crippen molar-refractivity contribution in [3.8, 4) is 11.3 Å². The molecule has 1 fully saturated rings. The molecule has 2 aromatic carbocycles. The Morgan fingerprint density at radius 1 is 0.970 bits per heavy atom. The normalized spacial score (nSPS) is 15.9. The number of benzene rings is 2. The van der Waals surface area contributed by atoms with Crippen LogP contribution in [0.2, 0.25) is 0 Å². The molecule has 33 heavy (non-hydrogen) atoms. The Kier molecular flexibility index (Phi) is 6.66. The standard InChI is InChI=1S/C22H23N3O5S3/c1-32(27,28)19-9-5-6-10-20(19)33(29,30)25-13-11-17(12-14-25)21(26)24-22-23-18(15-31-22)16-7-3-2-4-8-16/h2-10,15,17H,11-14H2,1H3,(H,23,24,26). The van der Waals surface area contributed by atoms with E-state index in [0.717, 1.165) is 17.5 Å². The third-order valence-corrected chi connectivity index (χ3v) is 9.49. The van der Waals surface area contributed by atoms with Gasteiger partial charge >= 0.3 is 0 Å². The first kappa shape index (κ1) is 23.6. The van der Waals surface area contributed by atoms with Crippen molar-refractivity contribution in [2.75, 3.05) is 24.7 Å². The van der Waals surface area contributed by atoms with Crippen molar-refractivity contribution in [1.82, 2.24) is 9.29 Å². The first-order valence-corrected chi connectivity index (χ1v) is 14.5. The molecule has 4 rings (SSSR count). The first-order chi connectivity index (χ1) is 15.7. The lowest BCUT2D eigenvalue weighted by Gasteiger charge is -2.30. The number of nitrogens with zero attached hydrogens (tertiary/aromatic N) is 2. The van der Waals surface area contributed by atoms with Crippen molar-refractivity contribution in [2.24, 2.45) is 5.92 Å². The highest BCUT2D eigenvalue weighted by Crippen LogP contribution is 2.29. The Balaban J connectivity index is 1.41. The average Bonchev–Trinajstić information content (AvgIpc) is 3.27. The molecule has 174 valence electrons. The number of carbonyl (C=O) groups excluding carboxylic acids is 1. The Bertz CT molecular complexity index is 1360. The van der Waals surface area contributed by atoms with E-state index >= 15 is 0 Å². The quantitative estimate of drug-likeness (QED) is 0.550. The number of aromatic nitrogens is 1. The zero-order valence-electron chi connectivity index (χ0n) is 17.8. The molecule has 1 aliphatic rings. The molecule has 0 aliphatic carbocycles. The van der Waals surface area contributed by atoms with Crippen molar-refractivity contribution in [3.63, 3.8) is 0 Å². The number of carbonyl (C=O) groups is 1. The van der Waals surface area contributed by atoms with Crippen molar-refractivity contribution in [3.05, 3.63) is 60.0 Å². The minimum atomic E-state index is -4.00. The van der Waals surface area contributed by atoms with Crippen molar-refractivity contribution >= 4 is 42.2 Å². The number of sulfone groups is 1. The molecule has 1 aliphatic heterocycles. The highest BCUT2D eigenvalue weighted by atomic mass is 32.2. The number of sulfonamides is 1. The van der Waals surface area contributed by atoms with E-state index in [4.69, 9.17) is 0 Å². The summed E-state index contributed by atoms with van der Waals surface area (Å²) < 4.78 is 51.6. The molecule has 11 heteroatoms. The molecule has 2 heterocycles. The monoisotopic (exact) mass is 505 g/mol. The van der Waals surface area contributed by atoms with Gasteiger partial charge in [-0.25, -0.2) is 21.8 Å². The second-order valence-corrected chi connectivity index (χ2v) is 12.5. The molecule has 3 aromatic rings. The van der Waals surface area contributed by atoms with Crippen LogP contribution in [0.4, 0.5) is 5.13 Å². The molecule has 0 saturated carbocycles. The van der Waals surface area contributed by atoms with Gasteiger partial charge in [0.25, 0.3) is 0 Å². The summed E-state index contributed by atoms with van der Waals surface area (Å²) >= 11 is 1.34. The van der Waals surface area contributed by atoms with Crippen LogP contribution in [0.25, 0.3) is 11.3 Å². The van der Waals surface area contributed by atoms with Gasteiger partial charge in [-0.05, 0) is 25.0 Å². The van der Waals surface area contributed by atoms with Gasteiger partial charge in [0.2, 0.25) is 15.9 Å². The van der Waals surface area contributed by atoms with Crippen LogP contribution >= 0.6 is 11.3 Å². The number of anilines is 1. The van der Waals surface area contributed by atoms with Gasteiger partial charge in [0.05, 0.1) is 10.6 Å². The van der Waals surface area contributed by atoms with E-state index in [1.807, 2.05) is 35.7 Å². The molecule has 0 unspecified atom stereocenters. The predicted molar refractivity (Wildman–Crippen MR) is 127 cm³/mol. The number of hydrogen-bond donors (Lipinski definition) is 1. The topological polar surface area (TPSA) is 114 Å². The zero-order chi connectivity index (χ0) is 23.6. The Morgan fingerprint density at radius 3 is 2.21 bits per heavy atom. The molecular weight excluding hydrogens is 482 g/mol. The van der Waals surface area contributed by atoms with E-state index in [1.54, 1.807) is 0 Å². The summed E-state index contributed by atoms with van der Waals surface area (Å²) in [6.07, 6.45) is 1.66. The summed E-state index contributed by atoms with van der Waals surface area (Å²) in [7, 11) is -7.71. The van der Waals surface area contributed by atoms with Gasteiger partial charge in [-0.2, -0.15) is 4.31 Å². The second kappa shape index (κ2) is 9.34. The number of thiazole rings is 1. The number of piperidine rings is 1. The highest BCUT2D eigenvalue weighted by molar-refractivity contribution is 7.93. The van der Waals surface area contributed by atoms with Crippen LogP contribution in [-0.2, 0) is 24.7 Å². The summed E-state index contributed by atoms with van der Waals surface area (Å²) in [4.78, 5) is 16.7. The fourth-order valence-electron chi connectivity index (χ4n) is 3.75. The maximum absolute atomic E-state index is 13.1. The molecule has 1 amide bonds. The summed E-state index contributed by atoms with van der Waals surface area (Å²) in [5.74, 6) is -0.553. The molecule has 0 atom stereocenters. The smallest absolute Gasteiger partial charge is 0.244 e. The molecular formula is C22H23N3O5S3. The summed E-state index contributed by atoms with van der Waals surface area (Å²) in [6.45, 7) is 0.261. The average molecular weight is 506 g/mol. The minimum Gasteiger partial charge on any atom is -0.302 e. The van der Waals surface area contributed by atoms with E-state index in [0.29, 0.717) is 18.0 Å². The van der Waals surface area contributed by atoms with E-state index in [1.165, 1.54) is 39.9 Å². The van der Waals surface area contributed by atoms with Gasteiger partial charge in [-0.3, -0.25) is 4.79 Å². The van der Waals surface area contributed by atoms with Gasteiger partial charge in [-0.15, -0.1) is 11.3 Å². The number of hydrogen-bond acceptors (Lipinski definition) is 7. The maximum atomic E-state index is 13.1. The van der Waals surface area contributed by atoms with E-state index in [2.05, 4.69) is 10.3 Å². The van der Waals surface area contributed by atoms with Crippen LogP contribution in [-0.4, -0.2) is 51.4 Å². The predicted octanol–water partition coefficient (Wildman–Crippen LogP) is 3.25. The number of nitrogens with one attached hydrogen (secondary N) is 1. The van der Waals surface area contributed by atoms with Gasteiger partial charge in [-0.1, -0.05) is 42.5 Å². The summed E-state index contributed by atoms with van der Waals surface area (Å²) in [5.41, 5.74) is 1.74. The fourth-order valence-corrected chi connectivity index (χ4v) is 7.54. The molecule has 1 saturated heterocycles. The van der Waals surface area contributed by atoms with E-state index < -0.39 is 19.9 Å². The Labute approximate surface area is 197 Å². The van der Waals surface area contributed by atoms with Gasteiger partial charge in [0.1, 0.15) is 4.90 Å². The van der Waals surface area contributed by atoms with E-state index in [9.17, 15) is 21.6 Å². The van der Waals surface area contributed by atoms with Crippen LogP contribution in [0.15, 0.2) is 69.8 Å². The highest BCUT2D eigenvalue weighted by Gasteiger charge is 2.34. The molecule has 0 radical (unpaired) electrons. The second-order valence-electron chi connectivity index (χ2n) is 7.79. The fraction of sp³-hybridized carbons (Fsp3) is 0.273. The van der Waals surface area contributed by atoms with Crippen LogP contribution in [0.3, 0.4) is 0 Å². The number of rotatable bonds is 6. The lowest BCUT2D eigenvalue weighted by molar-refractivity contribution is -0.120. The van der Waals surface area contributed by atoms with Gasteiger partial charge < -0.3 is 5.32 Å². The maximum Gasteiger partial charge on any atom is 0.244 e. The zero-order valence-corrected chi connectivity index (χ0v) is 20.3. The largest absolute Gasteiger partial charge is 0.302 e. The van der Waals surface area contributed by atoms with Crippen LogP contribution in [0, 0.1) is 5.92 Å². The van der Waals surface area contributed by atoms with Crippen LogP contribution < -0.4 is 5.32 Å².